The molecule has 1 nitrogen and oxygen atoms in total. The largest absolute Gasteiger partial charge is 0.313 e. The first kappa shape index (κ1) is 14.0. The van der Waals surface area contributed by atoms with E-state index < -0.39 is 0 Å². The van der Waals surface area contributed by atoms with Crippen LogP contribution in [0, 0.1) is 16.7 Å². The molecule has 1 rings (SSSR count). The molecular weight excluding hydrogens is 170 g/mol. The predicted molar refractivity (Wildman–Crippen MR) is 65.5 cm³/mol. The van der Waals surface area contributed by atoms with Crippen LogP contribution in [-0.4, -0.2) is 12.6 Å². The topological polar surface area (TPSA) is 12.0 Å². The van der Waals surface area contributed by atoms with Crippen molar-refractivity contribution in [2.45, 2.75) is 61.4 Å². The zero-order valence-corrected chi connectivity index (χ0v) is 10.1. The summed E-state index contributed by atoms with van der Waals surface area (Å²) in [6.45, 7) is 15.2. The summed E-state index contributed by atoms with van der Waals surface area (Å²) < 4.78 is 0. The second-order valence-corrected chi connectivity index (χ2v) is 6.63. The van der Waals surface area contributed by atoms with Crippen LogP contribution in [0.3, 0.4) is 0 Å². The van der Waals surface area contributed by atoms with Crippen molar-refractivity contribution in [3.63, 3.8) is 0 Å². The van der Waals surface area contributed by atoms with Crippen molar-refractivity contribution in [3.05, 3.63) is 0 Å². The third-order valence-corrected chi connectivity index (χ3v) is 3.40. The Kier molecular flexibility index (Phi) is 4.21. The molecule has 2 unspecified atom stereocenters. The highest BCUT2D eigenvalue weighted by Gasteiger charge is 2.37. The van der Waals surface area contributed by atoms with Crippen molar-refractivity contribution >= 4 is 0 Å². The molecule has 0 aromatic rings. The minimum absolute atomic E-state index is 0. The highest BCUT2D eigenvalue weighted by molar-refractivity contribution is 4.93. The van der Waals surface area contributed by atoms with Crippen molar-refractivity contribution in [2.24, 2.45) is 16.7 Å². The number of nitrogens with one attached hydrogen (secondary N) is 1. The molecule has 2 atom stereocenters. The average Bonchev–Trinajstić information content (AvgIpc) is 2.28. The van der Waals surface area contributed by atoms with Crippen LogP contribution in [0.5, 0.6) is 0 Å². The molecule has 1 heterocycles. The maximum absolute atomic E-state index is 3.65. The van der Waals surface area contributed by atoms with Gasteiger partial charge < -0.3 is 5.32 Å². The van der Waals surface area contributed by atoms with Crippen molar-refractivity contribution in [1.82, 2.24) is 5.32 Å². The van der Waals surface area contributed by atoms with Crippen LogP contribution in [0.1, 0.15) is 55.4 Å². The summed E-state index contributed by atoms with van der Waals surface area (Å²) in [5, 5.41) is 3.65. The second-order valence-electron chi connectivity index (χ2n) is 6.63. The van der Waals surface area contributed by atoms with Gasteiger partial charge in [0, 0.05) is 6.04 Å². The Balaban J connectivity index is 0.00000169. The van der Waals surface area contributed by atoms with Gasteiger partial charge in [-0.05, 0) is 29.7 Å². The third kappa shape index (κ3) is 3.27. The van der Waals surface area contributed by atoms with E-state index in [4.69, 9.17) is 0 Å². The van der Waals surface area contributed by atoms with E-state index in [1.807, 2.05) is 0 Å². The van der Waals surface area contributed by atoms with Crippen LogP contribution < -0.4 is 5.32 Å². The van der Waals surface area contributed by atoms with Gasteiger partial charge in [0.15, 0.2) is 0 Å². The molecule has 0 aromatic carbocycles. The molecule has 0 saturated carbocycles. The minimum Gasteiger partial charge on any atom is -0.313 e. The Labute approximate surface area is 90.7 Å². The lowest BCUT2D eigenvalue weighted by atomic mass is 9.76. The summed E-state index contributed by atoms with van der Waals surface area (Å²) in [6, 6.07) is 0.705. The third-order valence-electron chi connectivity index (χ3n) is 3.40. The molecule has 0 radical (unpaired) electrons. The minimum atomic E-state index is 0. The Morgan fingerprint density at radius 3 is 1.64 bits per heavy atom. The Bertz CT molecular complexity index is 151. The first-order valence-corrected chi connectivity index (χ1v) is 5.44. The Morgan fingerprint density at radius 2 is 1.43 bits per heavy atom. The van der Waals surface area contributed by atoms with E-state index in [0.717, 1.165) is 5.92 Å². The van der Waals surface area contributed by atoms with Crippen LogP contribution in [-0.2, 0) is 0 Å². The SMILES string of the molecule is C.CC(C)(C)C1CNC(C(C)(C)C)C1. The standard InChI is InChI=1S/C12H25N.CH4/c1-11(2,3)9-7-10(13-8-9)12(4,5)6;/h9-10,13H,7-8H2,1-6H3;1H4. The summed E-state index contributed by atoms with van der Waals surface area (Å²) in [7, 11) is 0. The van der Waals surface area contributed by atoms with E-state index in [0.29, 0.717) is 16.9 Å². The van der Waals surface area contributed by atoms with Crippen molar-refractivity contribution in [1.29, 1.82) is 0 Å². The first-order valence-electron chi connectivity index (χ1n) is 5.44. The number of hydrogen-bond donors (Lipinski definition) is 1. The van der Waals surface area contributed by atoms with E-state index >= 15 is 0 Å². The Hall–Kier alpha value is -0.0400. The molecule has 1 heteroatoms. The van der Waals surface area contributed by atoms with Gasteiger partial charge in [0.05, 0.1) is 0 Å². The van der Waals surface area contributed by atoms with E-state index in [9.17, 15) is 0 Å². The lowest BCUT2D eigenvalue weighted by Crippen LogP contribution is -2.34. The van der Waals surface area contributed by atoms with E-state index in [2.05, 4.69) is 46.9 Å². The molecule has 1 N–H and O–H groups in total. The van der Waals surface area contributed by atoms with E-state index in [-0.39, 0.29) is 7.43 Å². The van der Waals surface area contributed by atoms with Crippen LogP contribution in [0.2, 0.25) is 0 Å². The zero-order valence-electron chi connectivity index (χ0n) is 10.1. The lowest BCUT2D eigenvalue weighted by molar-refractivity contribution is 0.234. The van der Waals surface area contributed by atoms with Gasteiger partial charge >= 0.3 is 0 Å². The maximum Gasteiger partial charge on any atom is 0.0119 e. The lowest BCUT2D eigenvalue weighted by Gasteiger charge is -2.29. The first-order chi connectivity index (χ1) is 5.71. The molecule has 1 aliphatic rings. The average molecular weight is 199 g/mol. The molecular formula is C13H29N. The molecule has 1 aliphatic heterocycles. The van der Waals surface area contributed by atoms with Crippen molar-refractivity contribution in [2.75, 3.05) is 6.54 Å². The normalized spacial score (nSPS) is 28.7. The van der Waals surface area contributed by atoms with Crippen LogP contribution >= 0.6 is 0 Å². The predicted octanol–water partition coefficient (Wildman–Crippen LogP) is 3.69. The molecule has 86 valence electrons. The van der Waals surface area contributed by atoms with Crippen LogP contribution in [0.4, 0.5) is 0 Å². The summed E-state index contributed by atoms with van der Waals surface area (Å²) >= 11 is 0. The fourth-order valence-corrected chi connectivity index (χ4v) is 2.06. The molecule has 1 saturated heterocycles. The molecule has 0 spiro atoms. The van der Waals surface area contributed by atoms with Crippen LogP contribution in [0.15, 0.2) is 0 Å². The highest BCUT2D eigenvalue weighted by atomic mass is 15.0. The summed E-state index contributed by atoms with van der Waals surface area (Å²) in [4.78, 5) is 0. The quantitative estimate of drug-likeness (QED) is 0.627. The summed E-state index contributed by atoms with van der Waals surface area (Å²) in [5.41, 5.74) is 0.882. The Morgan fingerprint density at radius 1 is 0.929 bits per heavy atom. The van der Waals surface area contributed by atoms with Gasteiger partial charge in [0.1, 0.15) is 0 Å². The summed E-state index contributed by atoms with van der Waals surface area (Å²) in [6.07, 6.45) is 1.34. The number of hydrogen-bond acceptors (Lipinski definition) is 1. The molecule has 1 fully saturated rings. The monoisotopic (exact) mass is 199 g/mol. The molecule has 14 heavy (non-hydrogen) atoms. The van der Waals surface area contributed by atoms with Crippen molar-refractivity contribution in [3.8, 4) is 0 Å². The summed E-state index contributed by atoms with van der Waals surface area (Å²) in [5.74, 6) is 0.844. The van der Waals surface area contributed by atoms with E-state index in [1.165, 1.54) is 13.0 Å². The fourth-order valence-electron chi connectivity index (χ4n) is 2.06. The molecule has 0 aromatic heterocycles. The van der Waals surface area contributed by atoms with Gasteiger partial charge in [-0.25, -0.2) is 0 Å². The van der Waals surface area contributed by atoms with Gasteiger partial charge in [0.25, 0.3) is 0 Å². The van der Waals surface area contributed by atoms with Gasteiger partial charge in [0.2, 0.25) is 0 Å². The smallest absolute Gasteiger partial charge is 0.0119 e. The number of rotatable bonds is 0. The van der Waals surface area contributed by atoms with E-state index in [1.54, 1.807) is 0 Å². The molecule has 0 amide bonds. The van der Waals surface area contributed by atoms with Gasteiger partial charge in [-0.15, -0.1) is 0 Å². The zero-order chi connectivity index (χ0) is 10.3. The van der Waals surface area contributed by atoms with Gasteiger partial charge in [-0.2, -0.15) is 0 Å². The van der Waals surface area contributed by atoms with Gasteiger partial charge in [-0.3, -0.25) is 0 Å². The molecule has 0 aliphatic carbocycles. The maximum atomic E-state index is 3.65. The van der Waals surface area contributed by atoms with Crippen molar-refractivity contribution < 1.29 is 0 Å². The fraction of sp³-hybridized carbons (Fsp3) is 1.00. The molecule has 0 bridgehead atoms. The second kappa shape index (κ2) is 4.22. The van der Waals surface area contributed by atoms with Crippen LogP contribution in [0.25, 0.3) is 0 Å². The van der Waals surface area contributed by atoms with Gasteiger partial charge in [-0.1, -0.05) is 49.0 Å². The highest BCUT2D eigenvalue weighted by Crippen LogP contribution is 2.37.